The molecule has 0 aliphatic rings. The van der Waals surface area contributed by atoms with Crippen LogP contribution in [0.4, 0.5) is 0 Å². The molecule has 5 heteroatoms. The van der Waals surface area contributed by atoms with Gasteiger partial charge < -0.3 is 4.90 Å². The summed E-state index contributed by atoms with van der Waals surface area (Å²) in [4.78, 5) is 2.09. The molecule has 0 bridgehead atoms. The lowest BCUT2D eigenvalue weighted by Gasteiger charge is -2.17. The van der Waals surface area contributed by atoms with E-state index in [-0.39, 0.29) is 5.92 Å². The van der Waals surface area contributed by atoms with Crippen LogP contribution >= 0.6 is 11.6 Å². The quantitative estimate of drug-likeness (QED) is 0.809. The van der Waals surface area contributed by atoms with E-state index in [4.69, 9.17) is 16.9 Å². The van der Waals surface area contributed by atoms with E-state index in [1.807, 2.05) is 27.9 Å². The zero-order chi connectivity index (χ0) is 12.3. The van der Waals surface area contributed by atoms with E-state index in [2.05, 4.69) is 16.1 Å². The Morgan fingerprint density at radius 3 is 2.69 bits per heavy atom. The highest BCUT2D eigenvalue weighted by Gasteiger charge is 2.14. The molecule has 0 N–H and O–H groups in total. The zero-order valence-electron chi connectivity index (χ0n) is 10.2. The van der Waals surface area contributed by atoms with E-state index in [1.165, 1.54) is 0 Å². The van der Waals surface area contributed by atoms with Gasteiger partial charge in [-0.05, 0) is 20.9 Å². The Labute approximate surface area is 101 Å². The van der Waals surface area contributed by atoms with Gasteiger partial charge in [0.15, 0.2) is 0 Å². The molecule has 1 atom stereocenters. The highest BCUT2D eigenvalue weighted by molar-refractivity contribution is 6.30. The van der Waals surface area contributed by atoms with Crippen LogP contribution in [-0.2, 0) is 13.6 Å². The van der Waals surface area contributed by atoms with Gasteiger partial charge in [0, 0.05) is 25.7 Å². The molecule has 1 heterocycles. The van der Waals surface area contributed by atoms with Gasteiger partial charge in [0.05, 0.1) is 17.7 Å². The van der Waals surface area contributed by atoms with E-state index in [9.17, 15) is 0 Å². The molecule has 16 heavy (non-hydrogen) atoms. The molecular formula is C11H17ClN4. The minimum absolute atomic E-state index is 0.0285. The maximum absolute atomic E-state index is 8.74. The lowest BCUT2D eigenvalue weighted by molar-refractivity contribution is 0.302. The van der Waals surface area contributed by atoms with E-state index in [0.29, 0.717) is 5.15 Å². The number of nitriles is 1. The van der Waals surface area contributed by atoms with Crippen LogP contribution in [0.2, 0.25) is 5.15 Å². The van der Waals surface area contributed by atoms with Gasteiger partial charge in [-0.3, -0.25) is 4.68 Å². The maximum Gasteiger partial charge on any atom is 0.131 e. The third-order valence-corrected chi connectivity index (χ3v) is 2.98. The summed E-state index contributed by atoms with van der Waals surface area (Å²) in [6, 6.07) is 2.22. The van der Waals surface area contributed by atoms with Gasteiger partial charge >= 0.3 is 0 Å². The molecule has 0 aliphatic heterocycles. The number of nitrogens with zero attached hydrogens (tertiary/aromatic N) is 4. The summed E-state index contributed by atoms with van der Waals surface area (Å²) in [5, 5.41) is 13.7. The van der Waals surface area contributed by atoms with Gasteiger partial charge in [0.25, 0.3) is 0 Å². The molecule has 0 fully saturated rings. The average molecular weight is 241 g/mol. The van der Waals surface area contributed by atoms with Gasteiger partial charge in [-0.1, -0.05) is 11.6 Å². The summed E-state index contributed by atoms with van der Waals surface area (Å²) in [6.07, 6.45) is 0. The minimum atomic E-state index is 0.0285. The van der Waals surface area contributed by atoms with Crippen molar-refractivity contribution in [3.8, 4) is 6.07 Å². The Morgan fingerprint density at radius 2 is 2.25 bits per heavy atom. The average Bonchev–Trinajstić information content (AvgIpc) is 2.45. The third-order valence-electron chi connectivity index (χ3n) is 2.50. The minimum Gasteiger partial charge on any atom is -0.301 e. The van der Waals surface area contributed by atoms with Crippen molar-refractivity contribution in [3.05, 3.63) is 16.4 Å². The Balaban J connectivity index is 2.70. The number of hydrogen-bond donors (Lipinski definition) is 0. The second-order valence-electron chi connectivity index (χ2n) is 4.21. The standard InChI is InChI=1S/C11H17ClN4/c1-8(5-13)6-15(3)7-10-9(2)14-16(4)11(10)12/h8H,6-7H2,1-4H3. The fourth-order valence-electron chi connectivity index (χ4n) is 1.70. The van der Waals surface area contributed by atoms with Gasteiger partial charge in [-0.15, -0.1) is 0 Å². The molecule has 1 aromatic heterocycles. The van der Waals surface area contributed by atoms with E-state index in [0.717, 1.165) is 24.3 Å². The highest BCUT2D eigenvalue weighted by atomic mass is 35.5. The Morgan fingerprint density at radius 1 is 1.62 bits per heavy atom. The molecule has 4 nitrogen and oxygen atoms in total. The number of aryl methyl sites for hydroxylation is 2. The van der Waals surface area contributed by atoms with E-state index < -0.39 is 0 Å². The van der Waals surface area contributed by atoms with Crippen LogP contribution in [-0.4, -0.2) is 28.3 Å². The molecule has 1 unspecified atom stereocenters. The second kappa shape index (κ2) is 5.33. The number of aromatic nitrogens is 2. The molecule has 0 aliphatic carbocycles. The largest absolute Gasteiger partial charge is 0.301 e. The summed E-state index contributed by atoms with van der Waals surface area (Å²) in [5.74, 6) is 0.0285. The molecule has 0 radical (unpaired) electrons. The molecule has 0 saturated heterocycles. The van der Waals surface area contributed by atoms with Crippen molar-refractivity contribution >= 4 is 11.6 Å². The molecule has 0 spiro atoms. The van der Waals surface area contributed by atoms with E-state index >= 15 is 0 Å². The van der Waals surface area contributed by atoms with Crippen molar-refractivity contribution in [1.29, 1.82) is 5.26 Å². The van der Waals surface area contributed by atoms with E-state index in [1.54, 1.807) is 4.68 Å². The molecule has 1 aromatic rings. The van der Waals surface area contributed by atoms with Gasteiger partial charge in [-0.2, -0.15) is 10.4 Å². The summed E-state index contributed by atoms with van der Waals surface area (Å²) in [5.41, 5.74) is 1.99. The van der Waals surface area contributed by atoms with Crippen LogP contribution in [0.1, 0.15) is 18.2 Å². The van der Waals surface area contributed by atoms with Crippen LogP contribution in [0.25, 0.3) is 0 Å². The predicted molar refractivity (Wildman–Crippen MR) is 64.1 cm³/mol. The molecule has 1 rings (SSSR count). The van der Waals surface area contributed by atoms with Crippen LogP contribution in [0.15, 0.2) is 0 Å². The first-order valence-corrected chi connectivity index (χ1v) is 5.59. The second-order valence-corrected chi connectivity index (χ2v) is 4.56. The first-order chi connectivity index (χ1) is 7.45. The Hall–Kier alpha value is -1.05. The van der Waals surface area contributed by atoms with Crippen LogP contribution in [0.3, 0.4) is 0 Å². The topological polar surface area (TPSA) is 44.9 Å². The van der Waals surface area contributed by atoms with Crippen molar-refractivity contribution in [2.75, 3.05) is 13.6 Å². The van der Waals surface area contributed by atoms with Crippen molar-refractivity contribution in [1.82, 2.24) is 14.7 Å². The number of halogens is 1. The summed E-state index contributed by atoms with van der Waals surface area (Å²) < 4.78 is 1.67. The number of rotatable bonds is 4. The highest BCUT2D eigenvalue weighted by Crippen LogP contribution is 2.20. The van der Waals surface area contributed by atoms with Gasteiger partial charge in [-0.25, -0.2) is 0 Å². The fourth-order valence-corrected chi connectivity index (χ4v) is 1.93. The summed E-state index contributed by atoms with van der Waals surface area (Å²) in [7, 11) is 3.81. The van der Waals surface area contributed by atoms with Gasteiger partial charge in [0.1, 0.15) is 5.15 Å². The first kappa shape index (κ1) is 13.0. The summed E-state index contributed by atoms with van der Waals surface area (Å²) >= 11 is 6.14. The van der Waals surface area contributed by atoms with Crippen molar-refractivity contribution in [3.63, 3.8) is 0 Å². The van der Waals surface area contributed by atoms with Crippen LogP contribution in [0, 0.1) is 24.2 Å². The number of hydrogen-bond acceptors (Lipinski definition) is 3. The van der Waals surface area contributed by atoms with Crippen molar-refractivity contribution in [2.24, 2.45) is 13.0 Å². The monoisotopic (exact) mass is 240 g/mol. The maximum atomic E-state index is 8.74. The molecule has 88 valence electrons. The molecule has 0 saturated carbocycles. The lowest BCUT2D eigenvalue weighted by Crippen LogP contribution is -2.23. The third kappa shape index (κ3) is 2.97. The molecule has 0 aromatic carbocycles. The molecule has 0 amide bonds. The smallest absolute Gasteiger partial charge is 0.131 e. The Kier molecular flexibility index (Phi) is 4.34. The first-order valence-electron chi connectivity index (χ1n) is 5.21. The van der Waals surface area contributed by atoms with Gasteiger partial charge in [0.2, 0.25) is 0 Å². The molecular weight excluding hydrogens is 224 g/mol. The predicted octanol–water partition coefficient (Wildman–Crippen LogP) is 1.97. The van der Waals surface area contributed by atoms with Crippen molar-refractivity contribution < 1.29 is 0 Å². The zero-order valence-corrected chi connectivity index (χ0v) is 10.9. The summed E-state index contributed by atoms with van der Waals surface area (Å²) in [6.45, 7) is 5.32. The SMILES string of the molecule is Cc1nn(C)c(Cl)c1CN(C)CC(C)C#N. The normalized spacial score (nSPS) is 12.8. The van der Waals surface area contributed by atoms with Crippen LogP contribution < -0.4 is 0 Å². The Bertz CT molecular complexity index is 405. The van der Waals surface area contributed by atoms with Crippen molar-refractivity contribution in [2.45, 2.75) is 20.4 Å². The fraction of sp³-hybridized carbons (Fsp3) is 0.636. The lowest BCUT2D eigenvalue weighted by atomic mass is 10.2. The van der Waals surface area contributed by atoms with Crippen LogP contribution in [0.5, 0.6) is 0 Å².